The number of imidazole rings is 1. The van der Waals surface area contributed by atoms with E-state index in [4.69, 9.17) is 9.51 Å². The number of hydrogen-bond acceptors (Lipinski definition) is 6. The van der Waals surface area contributed by atoms with E-state index in [1.54, 1.807) is 12.1 Å². The fourth-order valence-corrected chi connectivity index (χ4v) is 3.80. The number of hydrogen-bond donors (Lipinski definition) is 1. The van der Waals surface area contributed by atoms with E-state index < -0.39 is 0 Å². The van der Waals surface area contributed by atoms with E-state index in [0.29, 0.717) is 17.4 Å². The van der Waals surface area contributed by atoms with Crippen molar-refractivity contribution in [3.8, 4) is 0 Å². The molecule has 1 unspecified atom stereocenters. The van der Waals surface area contributed by atoms with Crippen molar-refractivity contribution in [1.82, 2.24) is 24.4 Å². The molecule has 0 spiro atoms. The molecule has 1 fully saturated rings. The van der Waals surface area contributed by atoms with Gasteiger partial charge in [0.25, 0.3) is 11.6 Å². The van der Waals surface area contributed by atoms with Gasteiger partial charge in [0.05, 0.1) is 28.5 Å². The molecule has 0 aromatic carbocycles. The van der Waals surface area contributed by atoms with Gasteiger partial charge in [0.1, 0.15) is 11.3 Å². The van der Waals surface area contributed by atoms with Gasteiger partial charge in [-0.1, -0.05) is 5.16 Å². The quantitative estimate of drug-likeness (QED) is 0.591. The Hall–Kier alpha value is -3.26. The topological polar surface area (TPSA) is 88.6 Å². The van der Waals surface area contributed by atoms with Gasteiger partial charge in [-0.25, -0.2) is 9.97 Å². The number of likely N-dealkylation sites (tertiary alicyclic amines) is 1. The zero-order valence-corrected chi connectivity index (χ0v) is 15.7. The van der Waals surface area contributed by atoms with Crippen molar-refractivity contribution in [2.75, 3.05) is 18.9 Å². The van der Waals surface area contributed by atoms with E-state index in [9.17, 15) is 4.79 Å². The number of pyridine rings is 2. The van der Waals surface area contributed by atoms with Crippen LogP contribution in [0.15, 0.2) is 41.2 Å². The summed E-state index contributed by atoms with van der Waals surface area (Å²) in [6, 6.07) is 7.58. The summed E-state index contributed by atoms with van der Waals surface area (Å²) in [6.45, 7) is 2.94. The van der Waals surface area contributed by atoms with Gasteiger partial charge in [-0.15, -0.1) is 0 Å². The van der Waals surface area contributed by atoms with Crippen LogP contribution in [-0.4, -0.2) is 43.9 Å². The molecule has 1 N–H and O–H groups in total. The van der Waals surface area contributed by atoms with E-state index in [2.05, 4.69) is 27.4 Å². The van der Waals surface area contributed by atoms with Crippen molar-refractivity contribution < 1.29 is 9.32 Å². The lowest BCUT2D eigenvalue weighted by atomic mass is 10.2. The molecule has 8 heteroatoms. The molecule has 0 bridgehead atoms. The fraction of sp³-hybridized carbons (Fsp3) is 0.300. The summed E-state index contributed by atoms with van der Waals surface area (Å²) in [5, 5.41) is 7.56. The zero-order chi connectivity index (χ0) is 19.3. The average Bonchev–Trinajstić information content (AvgIpc) is 3.39. The molecule has 8 nitrogen and oxygen atoms in total. The number of aryl methyl sites for hydroxylation is 1. The third-order valence-electron chi connectivity index (χ3n) is 5.34. The normalized spacial score (nSPS) is 17.6. The van der Waals surface area contributed by atoms with Gasteiger partial charge in [0, 0.05) is 12.4 Å². The second kappa shape index (κ2) is 6.42. The lowest BCUT2D eigenvalue weighted by Crippen LogP contribution is -2.17. The number of rotatable bonds is 3. The molecule has 1 aliphatic heterocycles. The number of carbonyl (C=O) groups excluding carboxylic acids is 1. The summed E-state index contributed by atoms with van der Waals surface area (Å²) in [5.74, 6) is -0.300. The molecular weight excluding hydrogens is 356 g/mol. The molecule has 5 rings (SSSR count). The first-order valence-electron chi connectivity index (χ1n) is 9.32. The Kier molecular flexibility index (Phi) is 3.87. The molecule has 1 amide bonds. The molecule has 1 aliphatic rings. The van der Waals surface area contributed by atoms with Crippen LogP contribution < -0.4 is 5.32 Å². The van der Waals surface area contributed by atoms with Gasteiger partial charge in [-0.3, -0.25) is 9.69 Å². The van der Waals surface area contributed by atoms with Crippen LogP contribution in [0.1, 0.15) is 40.8 Å². The second-order valence-corrected chi connectivity index (χ2v) is 7.26. The highest BCUT2D eigenvalue weighted by molar-refractivity contribution is 6.03. The maximum absolute atomic E-state index is 12.6. The van der Waals surface area contributed by atoms with Gasteiger partial charge in [0.15, 0.2) is 0 Å². The molecule has 0 radical (unpaired) electrons. The smallest absolute Gasteiger partial charge is 0.274 e. The van der Waals surface area contributed by atoms with Gasteiger partial charge in [0.2, 0.25) is 0 Å². The van der Waals surface area contributed by atoms with E-state index >= 15 is 0 Å². The largest absolute Gasteiger partial charge is 0.336 e. The van der Waals surface area contributed by atoms with Crippen molar-refractivity contribution in [1.29, 1.82) is 0 Å². The Morgan fingerprint density at radius 2 is 2.11 bits per heavy atom. The number of anilines is 1. The molecule has 4 aromatic heterocycles. The van der Waals surface area contributed by atoms with Crippen LogP contribution in [0, 0.1) is 6.92 Å². The number of nitrogens with one attached hydrogen (secondary N) is 1. The molecule has 1 saturated heterocycles. The summed E-state index contributed by atoms with van der Waals surface area (Å²) >= 11 is 0. The standard InChI is InChI=1S/C20H20N6O2/c1-12-14-6-7-15(23-20(14)28-24-12)19(27)21-13-5-8-18-22-16(11-26(18)10-13)17-4-3-9-25(17)2/h5-8,10-11,17H,3-4,9H2,1-2H3,(H,21,27). The minimum absolute atomic E-state index is 0.280. The molecule has 5 heterocycles. The first-order valence-corrected chi connectivity index (χ1v) is 9.32. The SMILES string of the molecule is Cc1noc2nc(C(=O)Nc3ccc4nc(C5CCCN5C)cn4c3)ccc12. The van der Waals surface area contributed by atoms with Crippen LogP contribution in [0.3, 0.4) is 0 Å². The van der Waals surface area contributed by atoms with Crippen LogP contribution in [0.2, 0.25) is 0 Å². The van der Waals surface area contributed by atoms with E-state index in [-0.39, 0.29) is 11.6 Å². The zero-order valence-electron chi connectivity index (χ0n) is 15.7. The Morgan fingerprint density at radius 3 is 2.93 bits per heavy atom. The van der Waals surface area contributed by atoms with Gasteiger partial charge in [-0.2, -0.15) is 0 Å². The average molecular weight is 376 g/mol. The fourth-order valence-electron chi connectivity index (χ4n) is 3.80. The number of aromatic nitrogens is 4. The van der Waals surface area contributed by atoms with E-state index in [1.165, 1.54) is 6.42 Å². The van der Waals surface area contributed by atoms with Crippen molar-refractivity contribution in [2.24, 2.45) is 0 Å². The van der Waals surface area contributed by atoms with Crippen LogP contribution >= 0.6 is 0 Å². The minimum atomic E-state index is -0.300. The van der Waals surface area contributed by atoms with Crippen molar-refractivity contribution >= 4 is 28.3 Å². The third kappa shape index (κ3) is 2.82. The Bertz CT molecular complexity index is 1190. The number of carbonyl (C=O) groups is 1. The monoisotopic (exact) mass is 376 g/mol. The van der Waals surface area contributed by atoms with Crippen molar-refractivity contribution in [3.05, 3.63) is 53.7 Å². The molecule has 4 aromatic rings. The Labute approximate surface area is 161 Å². The first-order chi connectivity index (χ1) is 13.6. The minimum Gasteiger partial charge on any atom is -0.336 e. The summed E-state index contributed by atoms with van der Waals surface area (Å²) in [5.41, 5.74) is 4.00. The van der Waals surface area contributed by atoms with Gasteiger partial charge >= 0.3 is 0 Å². The Morgan fingerprint density at radius 1 is 1.21 bits per heavy atom. The number of nitrogens with zero attached hydrogens (tertiary/aromatic N) is 5. The predicted octanol–water partition coefficient (Wildman–Crippen LogP) is 3.20. The maximum Gasteiger partial charge on any atom is 0.274 e. The van der Waals surface area contributed by atoms with Crippen LogP contribution in [-0.2, 0) is 0 Å². The third-order valence-corrected chi connectivity index (χ3v) is 5.34. The van der Waals surface area contributed by atoms with Crippen LogP contribution in [0.5, 0.6) is 0 Å². The van der Waals surface area contributed by atoms with E-state index in [0.717, 1.165) is 35.4 Å². The van der Waals surface area contributed by atoms with Gasteiger partial charge < -0.3 is 14.2 Å². The number of fused-ring (bicyclic) bond motifs is 2. The summed E-state index contributed by atoms with van der Waals surface area (Å²) < 4.78 is 7.10. The number of amides is 1. The molecule has 0 saturated carbocycles. The molecule has 142 valence electrons. The van der Waals surface area contributed by atoms with Crippen molar-refractivity contribution in [2.45, 2.75) is 25.8 Å². The first kappa shape index (κ1) is 16.9. The highest BCUT2D eigenvalue weighted by Crippen LogP contribution is 2.30. The molecule has 1 atom stereocenters. The maximum atomic E-state index is 12.6. The Balaban J connectivity index is 1.39. The highest BCUT2D eigenvalue weighted by atomic mass is 16.5. The molecule has 28 heavy (non-hydrogen) atoms. The lowest BCUT2D eigenvalue weighted by Gasteiger charge is -2.16. The summed E-state index contributed by atoms with van der Waals surface area (Å²) in [4.78, 5) is 23.9. The van der Waals surface area contributed by atoms with E-state index in [1.807, 2.05) is 35.9 Å². The molecular formula is C20H20N6O2. The predicted molar refractivity (Wildman–Crippen MR) is 104 cm³/mol. The van der Waals surface area contributed by atoms with Crippen LogP contribution in [0.25, 0.3) is 16.7 Å². The van der Waals surface area contributed by atoms with Gasteiger partial charge in [-0.05, 0) is 57.6 Å². The highest BCUT2D eigenvalue weighted by Gasteiger charge is 2.24. The molecule has 0 aliphatic carbocycles. The van der Waals surface area contributed by atoms with Crippen LogP contribution in [0.4, 0.5) is 5.69 Å². The lowest BCUT2D eigenvalue weighted by molar-refractivity contribution is 0.102. The summed E-state index contributed by atoms with van der Waals surface area (Å²) in [6.07, 6.45) is 6.23. The second-order valence-electron chi connectivity index (χ2n) is 7.26. The van der Waals surface area contributed by atoms with Crippen molar-refractivity contribution in [3.63, 3.8) is 0 Å². The summed E-state index contributed by atoms with van der Waals surface area (Å²) in [7, 11) is 2.13.